The molecular formula is C20H26N4O3. The van der Waals surface area contributed by atoms with Gasteiger partial charge >= 0.3 is 5.69 Å². The Morgan fingerprint density at radius 2 is 1.96 bits per heavy atom. The molecule has 1 aromatic carbocycles. The predicted molar refractivity (Wildman–Crippen MR) is 101 cm³/mol. The summed E-state index contributed by atoms with van der Waals surface area (Å²) >= 11 is 0. The summed E-state index contributed by atoms with van der Waals surface area (Å²) < 4.78 is 7.46. The van der Waals surface area contributed by atoms with E-state index in [4.69, 9.17) is 4.74 Å². The lowest BCUT2D eigenvalue weighted by atomic mass is 9.91. The lowest BCUT2D eigenvalue weighted by Crippen LogP contribution is -2.52. The Morgan fingerprint density at radius 3 is 2.63 bits per heavy atom. The zero-order valence-electron chi connectivity index (χ0n) is 15.7. The molecule has 2 aliphatic heterocycles. The van der Waals surface area contributed by atoms with Crippen LogP contribution in [0.1, 0.15) is 50.8 Å². The van der Waals surface area contributed by atoms with Crippen LogP contribution in [0, 0.1) is 0 Å². The Morgan fingerprint density at radius 1 is 1.22 bits per heavy atom. The van der Waals surface area contributed by atoms with Gasteiger partial charge in [0, 0.05) is 25.6 Å². The normalized spacial score (nSPS) is 24.1. The van der Waals surface area contributed by atoms with Gasteiger partial charge in [-0.3, -0.25) is 4.79 Å². The fourth-order valence-corrected chi connectivity index (χ4v) is 4.19. The lowest BCUT2D eigenvalue weighted by Gasteiger charge is -2.39. The third-order valence-electron chi connectivity index (χ3n) is 5.78. The van der Waals surface area contributed by atoms with Crippen LogP contribution >= 0.6 is 0 Å². The summed E-state index contributed by atoms with van der Waals surface area (Å²) in [5.41, 5.74) is -0.0884. The zero-order valence-corrected chi connectivity index (χ0v) is 15.7. The molecule has 1 aromatic heterocycles. The molecule has 2 aliphatic rings. The van der Waals surface area contributed by atoms with E-state index in [1.165, 1.54) is 0 Å². The molecule has 3 heterocycles. The minimum atomic E-state index is -0.677. The molecular weight excluding hydrogens is 344 g/mol. The lowest BCUT2D eigenvalue weighted by molar-refractivity contribution is -0.163. The van der Waals surface area contributed by atoms with Crippen LogP contribution in [-0.2, 0) is 9.53 Å². The number of piperidine rings is 1. The van der Waals surface area contributed by atoms with Gasteiger partial charge in [-0.05, 0) is 51.2 Å². The van der Waals surface area contributed by atoms with Gasteiger partial charge in [0.2, 0.25) is 0 Å². The third kappa shape index (κ3) is 3.43. The topological polar surface area (TPSA) is 80.2 Å². The average molecular weight is 370 g/mol. The Bertz CT molecular complexity index is 844. The summed E-state index contributed by atoms with van der Waals surface area (Å²) in [5.74, 6) is 0.995. The summed E-state index contributed by atoms with van der Waals surface area (Å²) in [6, 6.07) is 9.54. The highest BCUT2D eigenvalue weighted by atomic mass is 16.5. The molecule has 2 fully saturated rings. The number of nitrogens with zero attached hydrogens (tertiary/aromatic N) is 3. The van der Waals surface area contributed by atoms with E-state index in [1.807, 2.05) is 42.2 Å². The van der Waals surface area contributed by atoms with E-state index in [1.54, 1.807) is 4.57 Å². The van der Waals surface area contributed by atoms with Crippen LogP contribution in [0.25, 0.3) is 5.69 Å². The van der Waals surface area contributed by atoms with Crippen LogP contribution in [-0.4, -0.2) is 50.9 Å². The van der Waals surface area contributed by atoms with Crippen molar-refractivity contribution in [3.63, 3.8) is 0 Å². The van der Waals surface area contributed by atoms with Gasteiger partial charge in [-0.15, -0.1) is 0 Å². The van der Waals surface area contributed by atoms with Gasteiger partial charge in [0.1, 0.15) is 11.4 Å². The number of aromatic amines is 1. The van der Waals surface area contributed by atoms with Gasteiger partial charge in [0.15, 0.2) is 0 Å². The summed E-state index contributed by atoms with van der Waals surface area (Å²) in [5, 5.41) is 6.87. The van der Waals surface area contributed by atoms with Crippen molar-refractivity contribution in [1.29, 1.82) is 0 Å². The van der Waals surface area contributed by atoms with Crippen molar-refractivity contribution in [2.45, 2.75) is 50.5 Å². The maximum atomic E-state index is 12.9. The number of hydrogen-bond donors (Lipinski definition) is 1. The van der Waals surface area contributed by atoms with Crippen molar-refractivity contribution in [3.05, 3.63) is 46.6 Å². The van der Waals surface area contributed by atoms with E-state index in [-0.39, 0.29) is 17.5 Å². The number of benzene rings is 1. The van der Waals surface area contributed by atoms with Crippen molar-refractivity contribution in [1.82, 2.24) is 19.7 Å². The molecule has 1 unspecified atom stereocenters. The number of amides is 1. The molecule has 4 rings (SSSR count). The molecule has 0 bridgehead atoms. The first-order chi connectivity index (χ1) is 13.1. The first-order valence-electron chi connectivity index (χ1n) is 9.74. The highest BCUT2D eigenvalue weighted by Gasteiger charge is 2.40. The number of H-pyrrole nitrogens is 1. The Hall–Kier alpha value is -2.41. The second kappa shape index (κ2) is 7.31. The fourth-order valence-electron chi connectivity index (χ4n) is 4.19. The SMILES string of the molecule is CC1(C(=O)N2CCC(c3n[nH]c(=O)n3-c3ccccc3)CC2)CCCCO1. The summed E-state index contributed by atoms with van der Waals surface area (Å²) in [6.07, 6.45) is 4.44. The van der Waals surface area contributed by atoms with E-state index in [2.05, 4.69) is 10.2 Å². The molecule has 2 saturated heterocycles. The Labute approximate surface area is 158 Å². The summed E-state index contributed by atoms with van der Waals surface area (Å²) in [6.45, 7) is 3.91. The van der Waals surface area contributed by atoms with Gasteiger partial charge in [0.25, 0.3) is 5.91 Å². The molecule has 0 spiro atoms. The predicted octanol–water partition coefficient (Wildman–Crippen LogP) is 2.23. The average Bonchev–Trinajstić information content (AvgIpc) is 3.10. The molecule has 1 amide bonds. The van der Waals surface area contributed by atoms with Crippen LogP contribution in [0.2, 0.25) is 0 Å². The largest absolute Gasteiger partial charge is 0.365 e. The number of hydrogen-bond acceptors (Lipinski definition) is 4. The van der Waals surface area contributed by atoms with Crippen LogP contribution in [0.4, 0.5) is 0 Å². The number of rotatable bonds is 3. The number of carbonyl (C=O) groups excluding carboxylic acids is 1. The smallest absolute Gasteiger partial charge is 0.347 e. The van der Waals surface area contributed by atoms with Gasteiger partial charge in [-0.2, -0.15) is 5.10 Å². The first-order valence-corrected chi connectivity index (χ1v) is 9.74. The molecule has 0 saturated carbocycles. The molecule has 144 valence electrons. The van der Waals surface area contributed by atoms with E-state index in [0.29, 0.717) is 19.7 Å². The summed E-state index contributed by atoms with van der Waals surface area (Å²) in [4.78, 5) is 27.1. The van der Waals surface area contributed by atoms with E-state index < -0.39 is 5.60 Å². The minimum absolute atomic E-state index is 0.100. The second-order valence-corrected chi connectivity index (χ2v) is 7.66. The fraction of sp³-hybridized carbons (Fsp3) is 0.550. The number of ether oxygens (including phenoxy) is 1. The van der Waals surface area contributed by atoms with Crippen molar-refractivity contribution >= 4 is 5.91 Å². The number of nitrogens with one attached hydrogen (secondary N) is 1. The van der Waals surface area contributed by atoms with Crippen molar-refractivity contribution in [2.24, 2.45) is 0 Å². The molecule has 2 aromatic rings. The highest BCUT2D eigenvalue weighted by molar-refractivity contribution is 5.85. The number of para-hydroxylation sites is 1. The maximum Gasteiger partial charge on any atom is 0.347 e. The van der Waals surface area contributed by atoms with Gasteiger partial charge in [-0.25, -0.2) is 14.5 Å². The van der Waals surface area contributed by atoms with Gasteiger partial charge < -0.3 is 9.64 Å². The molecule has 1 N–H and O–H groups in total. The van der Waals surface area contributed by atoms with Gasteiger partial charge in [0.05, 0.1) is 5.69 Å². The van der Waals surface area contributed by atoms with Crippen molar-refractivity contribution < 1.29 is 9.53 Å². The molecule has 0 radical (unpaired) electrons. The molecule has 7 nitrogen and oxygen atoms in total. The molecule has 0 aliphatic carbocycles. The molecule has 7 heteroatoms. The third-order valence-corrected chi connectivity index (χ3v) is 5.78. The Kier molecular flexibility index (Phi) is 4.86. The highest BCUT2D eigenvalue weighted by Crippen LogP contribution is 2.31. The maximum absolute atomic E-state index is 12.9. The number of likely N-dealkylation sites (tertiary alicyclic amines) is 1. The zero-order chi connectivity index (χ0) is 18.9. The van der Waals surface area contributed by atoms with Crippen molar-refractivity contribution in [3.8, 4) is 5.69 Å². The minimum Gasteiger partial charge on any atom is -0.365 e. The van der Waals surface area contributed by atoms with Crippen LogP contribution in [0.15, 0.2) is 35.1 Å². The van der Waals surface area contributed by atoms with Gasteiger partial charge in [-0.1, -0.05) is 18.2 Å². The monoisotopic (exact) mass is 370 g/mol. The number of aromatic nitrogens is 3. The van der Waals surface area contributed by atoms with E-state index in [9.17, 15) is 9.59 Å². The standard InChI is InChI=1S/C20H26N4O3/c1-20(11-5-6-14-27-20)18(25)23-12-9-15(10-13-23)17-21-22-19(26)24(17)16-7-3-2-4-8-16/h2-4,7-8,15H,5-6,9-14H2,1H3,(H,22,26). The van der Waals surface area contributed by atoms with Crippen LogP contribution < -0.4 is 5.69 Å². The van der Waals surface area contributed by atoms with E-state index in [0.717, 1.165) is 43.6 Å². The Balaban J connectivity index is 1.48. The molecule has 1 atom stereocenters. The number of carbonyl (C=O) groups is 1. The quantitative estimate of drug-likeness (QED) is 0.898. The van der Waals surface area contributed by atoms with E-state index >= 15 is 0 Å². The second-order valence-electron chi connectivity index (χ2n) is 7.66. The first kappa shape index (κ1) is 18.0. The summed E-state index contributed by atoms with van der Waals surface area (Å²) in [7, 11) is 0. The van der Waals surface area contributed by atoms with Crippen LogP contribution in [0.3, 0.4) is 0 Å². The van der Waals surface area contributed by atoms with Crippen LogP contribution in [0.5, 0.6) is 0 Å². The molecule has 27 heavy (non-hydrogen) atoms. The van der Waals surface area contributed by atoms with Crippen molar-refractivity contribution in [2.75, 3.05) is 19.7 Å².